The number of aryl methyl sites for hydroxylation is 1. The molecule has 0 aliphatic rings. The maximum atomic E-state index is 12.2. The number of aromatic nitrogens is 2. The predicted molar refractivity (Wildman–Crippen MR) is 97.7 cm³/mol. The van der Waals surface area contributed by atoms with Crippen molar-refractivity contribution >= 4 is 29.1 Å². The SMILES string of the molecule is Cn1cc([N+](=O)[O-])c(C(=O)/C=C/c2ccc(COc3ccccc3Cl)o2)n1. The topological polar surface area (TPSA) is 100 Å². The van der Waals surface area contributed by atoms with E-state index >= 15 is 0 Å². The molecule has 0 amide bonds. The third kappa shape index (κ3) is 4.42. The van der Waals surface area contributed by atoms with Gasteiger partial charge in [-0.15, -0.1) is 0 Å². The van der Waals surface area contributed by atoms with Gasteiger partial charge in [0.25, 0.3) is 0 Å². The molecule has 2 aromatic heterocycles. The largest absolute Gasteiger partial charge is 0.484 e. The van der Waals surface area contributed by atoms with E-state index in [1.807, 2.05) is 0 Å². The van der Waals surface area contributed by atoms with Gasteiger partial charge in [0.15, 0.2) is 0 Å². The van der Waals surface area contributed by atoms with E-state index < -0.39 is 10.7 Å². The van der Waals surface area contributed by atoms with E-state index in [9.17, 15) is 14.9 Å². The number of carbonyl (C=O) groups excluding carboxylic acids is 1. The predicted octanol–water partition coefficient (Wildman–Crippen LogP) is 4.05. The average Bonchev–Trinajstić information content (AvgIpc) is 3.25. The molecule has 0 N–H and O–H groups in total. The highest BCUT2D eigenvalue weighted by Crippen LogP contribution is 2.24. The lowest BCUT2D eigenvalue weighted by molar-refractivity contribution is -0.385. The highest BCUT2D eigenvalue weighted by atomic mass is 35.5. The Morgan fingerprint density at radius 1 is 1.37 bits per heavy atom. The highest BCUT2D eigenvalue weighted by Gasteiger charge is 2.23. The zero-order valence-corrected chi connectivity index (χ0v) is 14.9. The molecule has 8 nitrogen and oxygen atoms in total. The Balaban J connectivity index is 1.66. The molecule has 0 atom stereocenters. The monoisotopic (exact) mass is 387 g/mol. The van der Waals surface area contributed by atoms with Crippen molar-refractivity contribution in [1.29, 1.82) is 0 Å². The summed E-state index contributed by atoms with van der Waals surface area (Å²) in [5.41, 5.74) is -0.576. The van der Waals surface area contributed by atoms with Crippen LogP contribution in [-0.4, -0.2) is 20.5 Å². The van der Waals surface area contributed by atoms with Crippen molar-refractivity contribution in [3.05, 3.63) is 81.0 Å². The van der Waals surface area contributed by atoms with Crippen LogP contribution in [0.2, 0.25) is 5.02 Å². The van der Waals surface area contributed by atoms with Crippen LogP contribution in [0.5, 0.6) is 5.75 Å². The number of para-hydroxylation sites is 1. The summed E-state index contributed by atoms with van der Waals surface area (Å²) in [6.45, 7) is 0.164. The van der Waals surface area contributed by atoms with E-state index in [-0.39, 0.29) is 18.0 Å². The third-order valence-electron chi connectivity index (χ3n) is 3.53. The second-order valence-corrected chi connectivity index (χ2v) is 5.92. The van der Waals surface area contributed by atoms with Crippen LogP contribution in [0, 0.1) is 10.1 Å². The molecule has 0 bridgehead atoms. The van der Waals surface area contributed by atoms with Crippen LogP contribution in [0.25, 0.3) is 6.08 Å². The number of carbonyl (C=O) groups is 1. The smallest absolute Gasteiger partial charge is 0.318 e. The average molecular weight is 388 g/mol. The van der Waals surface area contributed by atoms with Gasteiger partial charge in [0.1, 0.15) is 30.1 Å². The summed E-state index contributed by atoms with van der Waals surface area (Å²) in [5, 5.41) is 15.3. The van der Waals surface area contributed by atoms with Gasteiger partial charge in [0, 0.05) is 7.05 Å². The molecule has 0 spiro atoms. The zero-order valence-electron chi connectivity index (χ0n) is 14.2. The maximum absolute atomic E-state index is 12.2. The number of furan rings is 1. The molecule has 2 heterocycles. The summed E-state index contributed by atoms with van der Waals surface area (Å²) in [6, 6.07) is 10.4. The van der Waals surface area contributed by atoms with Gasteiger partial charge in [0.05, 0.1) is 9.95 Å². The molecule has 3 rings (SSSR count). The Morgan fingerprint density at radius 2 is 2.15 bits per heavy atom. The fourth-order valence-corrected chi connectivity index (χ4v) is 2.48. The lowest BCUT2D eigenvalue weighted by Crippen LogP contribution is -2.00. The molecule has 0 radical (unpaired) electrons. The minimum atomic E-state index is -0.648. The first-order valence-electron chi connectivity index (χ1n) is 7.80. The van der Waals surface area contributed by atoms with E-state index in [0.717, 1.165) is 0 Å². The molecular formula is C18H14ClN3O5. The van der Waals surface area contributed by atoms with Crippen molar-refractivity contribution in [2.75, 3.05) is 0 Å². The van der Waals surface area contributed by atoms with Crippen molar-refractivity contribution in [1.82, 2.24) is 9.78 Å². The first-order valence-corrected chi connectivity index (χ1v) is 8.18. The molecule has 3 aromatic rings. The maximum Gasteiger partial charge on any atom is 0.318 e. The minimum absolute atomic E-state index is 0.164. The first-order chi connectivity index (χ1) is 12.9. The summed E-state index contributed by atoms with van der Waals surface area (Å²) >= 11 is 6.02. The number of ether oxygens (including phenoxy) is 1. The second-order valence-electron chi connectivity index (χ2n) is 5.51. The zero-order chi connectivity index (χ0) is 19.4. The molecule has 0 fully saturated rings. The van der Waals surface area contributed by atoms with Crippen molar-refractivity contribution in [2.24, 2.45) is 7.05 Å². The fourth-order valence-electron chi connectivity index (χ4n) is 2.29. The van der Waals surface area contributed by atoms with Crippen LogP contribution in [0.4, 0.5) is 5.69 Å². The van der Waals surface area contributed by atoms with Crippen LogP contribution in [-0.2, 0) is 13.7 Å². The van der Waals surface area contributed by atoms with E-state index in [0.29, 0.717) is 22.3 Å². The molecule has 27 heavy (non-hydrogen) atoms. The van der Waals surface area contributed by atoms with Crippen molar-refractivity contribution in [2.45, 2.75) is 6.61 Å². The number of ketones is 1. The van der Waals surface area contributed by atoms with E-state index in [1.54, 1.807) is 36.4 Å². The molecule has 138 valence electrons. The molecule has 0 saturated carbocycles. The quantitative estimate of drug-likeness (QED) is 0.262. The summed E-state index contributed by atoms with van der Waals surface area (Å²) < 4.78 is 12.3. The molecule has 0 saturated heterocycles. The molecule has 0 aliphatic carbocycles. The Labute approximate surface area is 158 Å². The number of halogens is 1. The van der Waals surface area contributed by atoms with Crippen LogP contribution in [0.15, 0.2) is 53.1 Å². The fraction of sp³-hybridized carbons (Fsp3) is 0.111. The summed E-state index contributed by atoms with van der Waals surface area (Å²) in [5.74, 6) is 0.878. The van der Waals surface area contributed by atoms with Gasteiger partial charge in [-0.25, -0.2) is 0 Å². The van der Waals surface area contributed by atoms with Gasteiger partial charge >= 0.3 is 5.69 Å². The number of rotatable bonds is 7. The molecular weight excluding hydrogens is 374 g/mol. The van der Waals surface area contributed by atoms with Crippen molar-refractivity contribution in [3.8, 4) is 5.75 Å². The van der Waals surface area contributed by atoms with Gasteiger partial charge < -0.3 is 9.15 Å². The molecule has 0 aliphatic heterocycles. The minimum Gasteiger partial charge on any atom is -0.484 e. The normalized spacial score (nSPS) is 11.0. The van der Waals surface area contributed by atoms with Gasteiger partial charge in [0.2, 0.25) is 11.5 Å². The number of nitrogens with zero attached hydrogens (tertiary/aromatic N) is 3. The van der Waals surface area contributed by atoms with Crippen molar-refractivity contribution < 1.29 is 18.9 Å². The van der Waals surface area contributed by atoms with E-state index in [1.165, 1.54) is 30.1 Å². The Morgan fingerprint density at radius 3 is 2.89 bits per heavy atom. The summed E-state index contributed by atoms with van der Waals surface area (Å²) in [7, 11) is 1.51. The van der Waals surface area contributed by atoms with E-state index in [2.05, 4.69) is 5.10 Å². The van der Waals surface area contributed by atoms with Crippen molar-refractivity contribution in [3.63, 3.8) is 0 Å². The highest BCUT2D eigenvalue weighted by molar-refractivity contribution is 6.32. The number of nitro groups is 1. The van der Waals surface area contributed by atoms with Gasteiger partial charge in [-0.2, -0.15) is 5.10 Å². The number of allylic oxidation sites excluding steroid dienone is 1. The Hall–Kier alpha value is -3.39. The molecule has 9 heteroatoms. The van der Waals surface area contributed by atoms with Gasteiger partial charge in [-0.1, -0.05) is 23.7 Å². The van der Waals surface area contributed by atoms with Crippen LogP contribution < -0.4 is 4.74 Å². The summed E-state index contributed by atoms with van der Waals surface area (Å²) in [4.78, 5) is 22.5. The Kier molecular flexibility index (Phi) is 5.37. The van der Waals surface area contributed by atoms with Crippen LogP contribution >= 0.6 is 11.6 Å². The molecule has 1 aromatic carbocycles. The number of hydrogen-bond donors (Lipinski definition) is 0. The number of hydrogen-bond acceptors (Lipinski definition) is 6. The lowest BCUT2D eigenvalue weighted by atomic mass is 10.2. The Bertz CT molecular complexity index is 1020. The first kappa shape index (κ1) is 18.4. The second kappa shape index (κ2) is 7.88. The van der Waals surface area contributed by atoms with Crippen LogP contribution in [0.1, 0.15) is 22.0 Å². The van der Waals surface area contributed by atoms with E-state index in [4.69, 9.17) is 20.8 Å². The van der Waals surface area contributed by atoms with Crippen LogP contribution in [0.3, 0.4) is 0 Å². The number of benzene rings is 1. The third-order valence-corrected chi connectivity index (χ3v) is 3.84. The van der Waals surface area contributed by atoms with Gasteiger partial charge in [-0.3, -0.25) is 19.6 Å². The molecule has 0 unspecified atom stereocenters. The van der Waals surface area contributed by atoms with Gasteiger partial charge in [-0.05, 0) is 36.4 Å². The standard InChI is InChI=1S/C18H14ClN3O5/c1-21-10-15(22(24)25)18(20-21)16(23)9-8-12-6-7-13(27-12)11-26-17-5-3-2-4-14(17)19/h2-10H,11H2,1H3/b9-8+. The lowest BCUT2D eigenvalue weighted by Gasteiger charge is -2.05. The summed E-state index contributed by atoms with van der Waals surface area (Å²) in [6.07, 6.45) is 3.77.